The molecule has 19 heavy (non-hydrogen) atoms. The predicted octanol–water partition coefficient (Wildman–Crippen LogP) is 2.02. The molecule has 0 saturated carbocycles. The van der Waals surface area contributed by atoms with Crippen molar-refractivity contribution in [3.8, 4) is 5.69 Å². The molecule has 0 aliphatic rings. The van der Waals surface area contributed by atoms with Crippen molar-refractivity contribution in [2.24, 2.45) is 0 Å². The minimum absolute atomic E-state index is 0.0800. The number of aromatic nitrogens is 3. The molecule has 0 aliphatic heterocycles. The Balaban J connectivity index is 2.32. The van der Waals surface area contributed by atoms with Gasteiger partial charge in [0, 0.05) is 6.04 Å². The number of amides is 1. The lowest BCUT2D eigenvalue weighted by molar-refractivity contribution is 0.0937. The lowest BCUT2D eigenvalue weighted by Crippen LogP contribution is -2.30. The highest BCUT2D eigenvalue weighted by Gasteiger charge is 2.17. The summed E-state index contributed by atoms with van der Waals surface area (Å²) in [4.78, 5) is 11.9. The smallest absolute Gasteiger partial charge is 0.273 e. The number of carbonyl (C=O) groups excluding carboxylic acids is 1. The van der Waals surface area contributed by atoms with E-state index in [1.54, 1.807) is 4.68 Å². The fraction of sp³-hybridized carbons (Fsp3) is 0.357. The minimum Gasteiger partial charge on any atom is -0.348 e. The zero-order valence-electron chi connectivity index (χ0n) is 11.6. The van der Waals surface area contributed by atoms with Crippen molar-refractivity contribution in [1.82, 2.24) is 20.3 Å². The van der Waals surface area contributed by atoms with Gasteiger partial charge in [0.05, 0.1) is 11.4 Å². The maximum atomic E-state index is 11.9. The van der Waals surface area contributed by atoms with Crippen LogP contribution in [0.1, 0.15) is 35.6 Å². The van der Waals surface area contributed by atoms with Crippen LogP contribution in [0.3, 0.4) is 0 Å². The van der Waals surface area contributed by atoms with Crippen molar-refractivity contribution in [3.63, 3.8) is 0 Å². The first-order valence-corrected chi connectivity index (χ1v) is 6.29. The molecular weight excluding hydrogens is 240 g/mol. The van der Waals surface area contributed by atoms with E-state index < -0.39 is 0 Å². The average molecular weight is 258 g/mol. The van der Waals surface area contributed by atoms with E-state index in [0.29, 0.717) is 5.69 Å². The topological polar surface area (TPSA) is 59.8 Å². The summed E-state index contributed by atoms with van der Waals surface area (Å²) in [5.74, 6) is -0.189. The van der Waals surface area contributed by atoms with Crippen LogP contribution in [0.25, 0.3) is 5.69 Å². The number of rotatable bonds is 3. The minimum atomic E-state index is -0.189. The summed E-state index contributed by atoms with van der Waals surface area (Å²) in [5.41, 5.74) is 3.19. The van der Waals surface area contributed by atoms with Gasteiger partial charge in [0.1, 0.15) is 0 Å². The molecule has 0 fully saturated rings. The second kappa shape index (κ2) is 5.22. The highest BCUT2D eigenvalue weighted by molar-refractivity contribution is 5.93. The molecule has 5 heteroatoms. The van der Waals surface area contributed by atoms with Crippen LogP contribution in [0.15, 0.2) is 24.3 Å². The maximum Gasteiger partial charge on any atom is 0.273 e. The predicted molar refractivity (Wildman–Crippen MR) is 73.4 cm³/mol. The molecule has 1 amide bonds. The molecule has 0 saturated heterocycles. The number of carbonyl (C=O) groups is 1. The largest absolute Gasteiger partial charge is 0.348 e. The molecule has 2 aromatic rings. The number of aryl methyl sites for hydroxylation is 1. The summed E-state index contributed by atoms with van der Waals surface area (Å²) in [6.07, 6.45) is 0. The van der Waals surface area contributed by atoms with E-state index >= 15 is 0 Å². The van der Waals surface area contributed by atoms with Gasteiger partial charge in [-0.2, -0.15) is 0 Å². The zero-order valence-corrected chi connectivity index (χ0v) is 11.6. The van der Waals surface area contributed by atoms with Gasteiger partial charge in [0.2, 0.25) is 0 Å². The molecule has 1 N–H and O–H groups in total. The van der Waals surface area contributed by atoms with Gasteiger partial charge in [-0.25, -0.2) is 4.68 Å². The van der Waals surface area contributed by atoms with Crippen molar-refractivity contribution in [1.29, 1.82) is 0 Å². The summed E-state index contributed by atoms with van der Waals surface area (Å²) in [5, 5.41) is 10.8. The van der Waals surface area contributed by atoms with Gasteiger partial charge in [-0.3, -0.25) is 4.79 Å². The molecule has 1 aromatic heterocycles. The lowest BCUT2D eigenvalue weighted by atomic mass is 10.2. The summed E-state index contributed by atoms with van der Waals surface area (Å²) >= 11 is 0. The van der Waals surface area contributed by atoms with Crippen LogP contribution in [0.4, 0.5) is 0 Å². The molecule has 0 aliphatic carbocycles. The van der Waals surface area contributed by atoms with Crippen molar-refractivity contribution < 1.29 is 4.79 Å². The Kier molecular flexibility index (Phi) is 3.64. The fourth-order valence-corrected chi connectivity index (χ4v) is 1.80. The first-order chi connectivity index (χ1) is 8.99. The number of nitrogens with one attached hydrogen (secondary N) is 1. The van der Waals surface area contributed by atoms with Crippen LogP contribution >= 0.6 is 0 Å². The van der Waals surface area contributed by atoms with E-state index in [4.69, 9.17) is 0 Å². The van der Waals surface area contributed by atoms with Gasteiger partial charge in [0.25, 0.3) is 5.91 Å². The molecular formula is C14H18N4O. The van der Waals surface area contributed by atoms with Crippen LogP contribution in [0.2, 0.25) is 0 Å². The Labute approximate surface area is 112 Å². The summed E-state index contributed by atoms with van der Waals surface area (Å²) < 4.78 is 1.68. The molecule has 1 heterocycles. The summed E-state index contributed by atoms with van der Waals surface area (Å²) in [7, 11) is 0. The highest BCUT2D eigenvalue weighted by Crippen LogP contribution is 2.13. The van der Waals surface area contributed by atoms with Crippen LogP contribution in [0, 0.1) is 13.8 Å². The Hall–Kier alpha value is -2.17. The van der Waals surface area contributed by atoms with Gasteiger partial charge >= 0.3 is 0 Å². The third kappa shape index (κ3) is 2.81. The Morgan fingerprint density at radius 2 is 1.84 bits per heavy atom. The van der Waals surface area contributed by atoms with E-state index in [1.165, 1.54) is 5.56 Å². The third-order valence-electron chi connectivity index (χ3n) is 2.81. The molecule has 0 radical (unpaired) electrons. The Morgan fingerprint density at radius 1 is 1.21 bits per heavy atom. The van der Waals surface area contributed by atoms with Crippen molar-refractivity contribution >= 4 is 5.91 Å². The van der Waals surface area contributed by atoms with Crippen LogP contribution in [0.5, 0.6) is 0 Å². The van der Waals surface area contributed by atoms with Gasteiger partial charge in [-0.1, -0.05) is 22.9 Å². The SMILES string of the molecule is Cc1ccc(-n2nnc(C(=O)NC(C)C)c2C)cc1. The van der Waals surface area contributed by atoms with E-state index in [1.807, 2.05) is 52.0 Å². The highest BCUT2D eigenvalue weighted by atomic mass is 16.2. The zero-order chi connectivity index (χ0) is 14.0. The van der Waals surface area contributed by atoms with Gasteiger partial charge in [-0.15, -0.1) is 5.10 Å². The van der Waals surface area contributed by atoms with Crippen molar-refractivity contribution in [2.45, 2.75) is 33.7 Å². The standard InChI is InChI=1S/C14H18N4O/c1-9(2)15-14(19)13-11(4)18(17-16-13)12-7-5-10(3)6-8-12/h5-9H,1-4H3,(H,15,19). The molecule has 0 atom stereocenters. The summed E-state index contributed by atoms with van der Waals surface area (Å²) in [6.45, 7) is 7.70. The number of nitrogens with zero attached hydrogens (tertiary/aromatic N) is 3. The molecule has 0 spiro atoms. The van der Waals surface area contributed by atoms with E-state index in [0.717, 1.165) is 11.4 Å². The van der Waals surface area contributed by atoms with Crippen LogP contribution in [-0.4, -0.2) is 26.9 Å². The van der Waals surface area contributed by atoms with Crippen molar-refractivity contribution in [2.75, 3.05) is 0 Å². The molecule has 2 rings (SSSR count). The third-order valence-corrected chi connectivity index (χ3v) is 2.81. The first kappa shape index (κ1) is 13.3. The molecule has 0 unspecified atom stereocenters. The Bertz CT molecular complexity index is 584. The van der Waals surface area contributed by atoms with E-state index in [9.17, 15) is 4.79 Å². The average Bonchev–Trinajstić information content (AvgIpc) is 2.71. The van der Waals surface area contributed by atoms with E-state index in [2.05, 4.69) is 15.6 Å². The van der Waals surface area contributed by atoms with Gasteiger partial charge < -0.3 is 5.32 Å². The van der Waals surface area contributed by atoms with E-state index in [-0.39, 0.29) is 11.9 Å². The monoisotopic (exact) mass is 258 g/mol. The number of hydrogen-bond acceptors (Lipinski definition) is 3. The molecule has 1 aromatic carbocycles. The maximum absolute atomic E-state index is 11.9. The Morgan fingerprint density at radius 3 is 2.42 bits per heavy atom. The molecule has 100 valence electrons. The first-order valence-electron chi connectivity index (χ1n) is 6.29. The van der Waals surface area contributed by atoms with Crippen LogP contribution in [-0.2, 0) is 0 Å². The normalized spacial score (nSPS) is 10.8. The quantitative estimate of drug-likeness (QED) is 0.916. The van der Waals surface area contributed by atoms with Crippen molar-refractivity contribution in [3.05, 3.63) is 41.2 Å². The second-order valence-corrected chi connectivity index (χ2v) is 4.90. The molecule has 0 bridgehead atoms. The van der Waals surface area contributed by atoms with Crippen LogP contribution < -0.4 is 5.32 Å². The van der Waals surface area contributed by atoms with Gasteiger partial charge in [-0.05, 0) is 39.8 Å². The lowest BCUT2D eigenvalue weighted by Gasteiger charge is -2.07. The fourth-order valence-electron chi connectivity index (χ4n) is 1.80. The number of hydrogen-bond donors (Lipinski definition) is 1. The second-order valence-electron chi connectivity index (χ2n) is 4.90. The molecule has 5 nitrogen and oxygen atoms in total. The number of benzene rings is 1. The summed E-state index contributed by atoms with van der Waals surface area (Å²) in [6, 6.07) is 8.01. The van der Waals surface area contributed by atoms with Gasteiger partial charge in [0.15, 0.2) is 5.69 Å².